The van der Waals surface area contributed by atoms with Gasteiger partial charge in [0.2, 0.25) is 0 Å². The molecule has 2 aromatic rings. The Morgan fingerprint density at radius 1 is 0.897 bits per heavy atom. The number of nitrogens with one attached hydrogen (secondary N) is 1. The van der Waals surface area contributed by atoms with E-state index in [1.54, 1.807) is 0 Å². The lowest BCUT2D eigenvalue weighted by atomic mass is 9.82. The number of urea groups is 1. The number of nitrogens with zero attached hydrogens (tertiary/aromatic N) is 1. The van der Waals surface area contributed by atoms with Crippen LogP contribution in [0.1, 0.15) is 36.8 Å². The topological polar surface area (TPSA) is 86.7 Å². The molecule has 2 N–H and O–H groups in total. The molecule has 1 fully saturated rings. The third-order valence-corrected chi connectivity index (χ3v) is 5.99. The smallest absolute Gasteiger partial charge is 0.325 e. The van der Waals surface area contributed by atoms with Gasteiger partial charge in [0.15, 0.2) is 5.54 Å². The van der Waals surface area contributed by atoms with Gasteiger partial charge in [0.25, 0.3) is 5.91 Å². The molecule has 1 aliphatic rings. The normalized spacial score (nSPS) is 15.4. The number of amides is 3. The Bertz CT molecular complexity index is 868. The minimum atomic E-state index is -1.29. The lowest BCUT2D eigenvalue weighted by Crippen LogP contribution is -2.45. The van der Waals surface area contributed by atoms with Crippen LogP contribution < -0.4 is 5.32 Å². The van der Waals surface area contributed by atoms with Gasteiger partial charge in [0, 0.05) is 21.9 Å². The fraction of sp³-hybridized carbons (Fsp3) is 0.286. The van der Waals surface area contributed by atoms with Crippen LogP contribution in [0.15, 0.2) is 57.5 Å². The van der Waals surface area contributed by atoms with Crippen molar-refractivity contribution in [1.29, 1.82) is 0 Å². The van der Waals surface area contributed by atoms with E-state index in [2.05, 4.69) is 37.2 Å². The minimum Gasteiger partial charge on any atom is -0.481 e. The summed E-state index contributed by atoms with van der Waals surface area (Å²) in [7, 11) is 0. The van der Waals surface area contributed by atoms with Crippen molar-refractivity contribution in [3.63, 3.8) is 0 Å². The molecule has 152 valence electrons. The number of aliphatic carboxylic acids is 1. The number of benzene rings is 2. The van der Waals surface area contributed by atoms with Crippen molar-refractivity contribution < 1.29 is 19.5 Å². The van der Waals surface area contributed by atoms with Gasteiger partial charge in [0.05, 0.1) is 0 Å². The number of unbranched alkanes of at least 4 members (excludes halogenated alkanes) is 2. The Morgan fingerprint density at radius 3 is 1.90 bits per heavy atom. The molecule has 1 aliphatic heterocycles. The lowest BCUT2D eigenvalue weighted by molar-refractivity contribution is -0.137. The van der Waals surface area contributed by atoms with E-state index in [9.17, 15) is 14.4 Å². The van der Waals surface area contributed by atoms with Crippen molar-refractivity contribution in [2.45, 2.75) is 31.2 Å². The lowest BCUT2D eigenvalue weighted by Gasteiger charge is -2.28. The first kappa shape index (κ1) is 21.5. The molecule has 8 heteroatoms. The highest BCUT2D eigenvalue weighted by molar-refractivity contribution is 9.10. The average Bonchev–Trinajstić information content (AvgIpc) is 2.94. The molecule has 0 atom stereocenters. The van der Waals surface area contributed by atoms with Gasteiger partial charge in [-0.25, -0.2) is 4.79 Å². The number of rotatable bonds is 8. The SMILES string of the molecule is O=C(O)CCCCCN1C(=O)NC(c2ccc(Br)cc2)(c2ccc(Br)cc2)C1=O. The van der Waals surface area contributed by atoms with Crippen LogP contribution in [0.4, 0.5) is 4.79 Å². The van der Waals surface area contributed by atoms with Crippen molar-refractivity contribution in [2.24, 2.45) is 0 Å². The molecule has 0 saturated carbocycles. The summed E-state index contributed by atoms with van der Waals surface area (Å²) in [4.78, 5) is 38.1. The highest BCUT2D eigenvalue weighted by Crippen LogP contribution is 2.37. The number of carbonyl (C=O) groups excluding carboxylic acids is 2. The first-order valence-corrected chi connectivity index (χ1v) is 10.8. The number of carboxylic acid groups (broad SMARTS) is 1. The van der Waals surface area contributed by atoms with Crippen LogP contribution in [0.2, 0.25) is 0 Å². The maximum Gasteiger partial charge on any atom is 0.325 e. The van der Waals surface area contributed by atoms with Crippen molar-refractivity contribution in [3.8, 4) is 0 Å². The fourth-order valence-corrected chi connectivity index (χ4v) is 3.99. The molecule has 0 unspecified atom stereocenters. The Labute approximate surface area is 185 Å². The van der Waals surface area contributed by atoms with Crippen molar-refractivity contribution in [3.05, 3.63) is 68.6 Å². The predicted molar refractivity (Wildman–Crippen MR) is 115 cm³/mol. The third-order valence-electron chi connectivity index (χ3n) is 4.93. The van der Waals surface area contributed by atoms with Gasteiger partial charge >= 0.3 is 12.0 Å². The van der Waals surface area contributed by atoms with Gasteiger partial charge in [-0.3, -0.25) is 14.5 Å². The van der Waals surface area contributed by atoms with Gasteiger partial charge < -0.3 is 10.4 Å². The van der Waals surface area contributed by atoms with E-state index in [1.807, 2.05) is 48.5 Å². The maximum absolute atomic E-state index is 13.5. The summed E-state index contributed by atoms with van der Waals surface area (Å²) in [6.07, 6.45) is 1.79. The molecule has 1 saturated heterocycles. The molecule has 0 aliphatic carbocycles. The monoisotopic (exact) mass is 522 g/mol. The molecular weight excluding hydrogens is 504 g/mol. The molecule has 0 aromatic heterocycles. The summed E-state index contributed by atoms with van der Waals surface area (Å²) in [6.45, 7) is 0.249. The predicted octanol–water partition coefficient (Wildman–Crippen LogP) is 4.65. The molecule has 6 nitrogen and oxygen atoms in total. The second kappa shape index (κ2) is 9.09. The van der Waals surface area contributed by atoms with E-state index < -0.39 is 17.5 Å². The van der Waals surface area contributed by atoms with Gasteiger partial charge in [-0.1, -0.05) is 62.5 Å². The second-order valence-corrected chi connectivity index (χ2v) is 8.69. The fourth-order valence-electron chi connectivity index (χ4n) is 3.46. The third kappa shape index (κ3) is 4.53. The molecule has 0 radical (unpaired) electrons. The van der Waals surface area contributed by atoms with Crippen LogP contribution >= 0.6 is 31.9 Å². The molecule has 29 heavy (non-hydrogen) atoms. The summed E-state index contributed by atoms with van der Waals surface area (Å²) >= 11 is 6.81. The molecule has 3 amide bonds. The molecule has 0 spiro atoms. The zero-order chi connectivity index (χ0) is 21.0. The zero-order valence-corrected chi connectivity index (χ0v) is 18.7. The van der Waals surface area contributed by atoms with Gasteiger partial charge in [-0.15, -0.1) is 0 Å². The van der Waals surface area contributed by atoms with E-state index in [-0.39, 0.29) is 18.9 Å². The number of carbonyl (C=O) groups is 3. The Balaban J connectivity index is 1.89. The summed E-state index contributed by atoms with van der Waals surface area (Å²) in [5.74, 6) is -1.17. The Hall–Kier alpha value is -2.19. The van der Waals surface area contributed by atoms with Gasteiger partial charge in [0.1, 0.15) is 0 Å². The van der Waals surface area contributed by atoms with Crippen LogP contribution in [0.5, 0.6) is 0 Å². The summed E-state index contributed by atoms with van der Waals surface area (Å²) in [5, 5.41) is 11.6. The van der Waals surface area contributed by atoms with E-state index in [1.165, 1.54) is 4.90 Å². The van der Waals surface area contributed by atoms with Crippen LogP contribution in [-0.2, 0) is 15.1 Å². The maximum atomic E-state index is 13.5. The number of imide groups is 1. The van der Waals surface area contributed by atoms with Crippen LogP contribution in [0.3, 0.4) is 0 Å². The Morgan fingerprint density at radius 2 is 1.41 bits per heavy atom. The number of hydrogen-bond acceptors (Lipinski definition) is 3. The zero-order valence-electron chi connectivity index (χ0n) is 15.5. The van der Waals surface area contributed by atoms with E-state index in [0.717, 1.165) is 8.95 Å². The first-order valence-electron chi connectivity index (χ1n) is 9.22. The first-order chi connectivity index (χ1) is 13.8. The molecule has 3 rings (SSSR count). The standard InChI is InChI=1S/C21H20Br2N2O4/c22-16-9-5-14(6-10-16)21(15-7-11-17(23)12-8-15)19(28)25(20(29)24-21)13-3-1-2-4-18(26)27/h5-12H,1-4,13H2,(H,24,29)(H,26,27). The van der Waals surface area contributed by atoms with E-state index >= 15 is 0 Å². The van der Waals surface area contributed by atoms with Crippen LogP contribution in [0, 0.1) is 0 Å². The van der Waals surface area contributed by atoms with Crippen molar-refractivity contribution in [2.75, 3.05) is 6.54 Å². The Kier molecular flexibility index (Phi) is 6.74. The number of halogens is 2. The van der Waals surface area contributed by atoms with Crippen LogP contribution in [-0.4, -0.2) is 34.5 Å². The van der Waals surface area contributed by atoms with E-state index in [0.29, 0.717) is 30.4 Å². The van der Waals surface area contributed by atoms with E-state index in [4.69, 9.17) is 5.11 Å². The van der Waals surface area contributed by atoms with Crippen molar-refractivity contribution >= 4 is 49.8 Å². The summed E-state index contributed by atoms with van der Waals surface area (Å²) in [6, 6.07) is 14.2. The molecule has 2 aromatic carbocycles. The molecule has 1 heterocycles. The largest absolute Gasteiger partial charge is 0.481 e. The minimum absolute atomic E-state index is 0.0852. The van der Waals surface area contributed by atoms with Gasteiger partial charge in [-0.2, -0.15) is 0 Å². The van der Waals surface area contributed by atoms with Gasteiger partial charge in [-0.05, 0) is 48.2 Å². The highest BCUT2D eigenvalue weighted by atomic mass is 79.9. The highest BCUT2D eigenvalue weighted by Gasteiger charge is 2.53. The summed E-state index contributed by atoms with van der Waals surface area (Å²) < 4.78 is 1.75. The second-order valence-electron chi connectivity index (χ2n) is 6.86. The van der Waals surface area contributed by atoms with Crippen LogP contribution in [0.25, 0.3) is 0 Å². The van der Waals surface area contributed by atoms with Crippen molar-refractivity contribution in [1.82, 2.24) is 10.2 Å². The summed E-state index contributed by atoms with van der Waals surface area (Å²) in [5.41, 5.74) is 0.0593. The quantitative estimate of drug-likeness (QED) is 0.389. The molecular formula is C21H20Br2N2O4. The molecule has 0 bridgehead atoms. The average molecular weight is 524 g/mol. The number of hydrogen-bond donors (Lipinski definition) is 2. The number of carboxylic acids is 1.